The third kappa shape index (κ3) is 4.45. The highest BCUT2D eigenvalue weighted by Crippen LogP contribution is 2.24. The van der Waals surface area contributed by atoms with Gasteiger partial charge in [-0.05, 0) is 56.5 Å². The third-order valence-corrected chi connectivity index (χ3v) is 4.13. The molecular weight excluding hydrogens is 260 g/mol. The van der Waals surface area contributed by atoms with Gasteiger partial charge in [-0.3, -0.25) is 0 Å². The number of hydrogen-bond donors (Lipinski definition) is 1. The fraction of sp³-hybridized carbons (Fsp3) is 0.667. The van der Waals surface area contributed by atoms with Gasteiger partial charge in [-0.25, -0.2) is 0 Å². The van der Waals surface area contributed by atoms with Gasteiger partial charge in [-0.15, -0.1) is 0 Å². The molecule has 0 aromatic heterocycles. The van der Waals surface area contributed by atoms with Crippen LogP contribution in [0.2, 0.25) is 0 Å². The second-order valence-corrected chi connectivity index (χ2v) is 6.78. The molecule has 1 N–H and O–H groups in total. The molecule has 1 aromatic rings. The molecule has 2 atom stereocenters. The molecule has 0 amide bonds. The minimum Gasteiger partial charge on any atom is -0.375 e. The SMILES string of the molecule is Cc1cc(N2CC(C)OCC2C)ccc1CNCC(C)C. The zero-order chi connectivity index (χ0) is 15.4. The molecule has 1 aromatic carbocycles. The number of aryl methyl sites for hydroxylation is 1. The summed E-state index contributed by atoms with van der Waals surface area (Å²) in [7, 11) is 0. The van der Waals surface area contributed by atoms with Crippen molar-refractivity contribution in [2.24, 2.45) is 5.92 Å². The van der Waals surface area contributed by atoms with Gasteiger partial charge in [0.2, 0.25) is 0 Å². The predicted molar refractivity (Wildman–Crippen MR) is 89.9 cm³/mol. The topological polar surface area (TPSA) is 24.5 Å². The van der Waals surface area contributed by atoms with Gasteiger partial charge in [0, 0.05) is 24.8 Å². The number of benzene rings is 1. The van der Waals surface area contributed by atoms with Crippen molar-refractivity contribution in [3.05, 3.63) is 29.3 Å². The molecule has 3 heteroatoms. The summed E-state index contributed by atoms with van der Waals surface area (Å²) in [5.74, 6) is 0.695. The molecule has 1 saturated heterocycles. The Labute approximate surface area is 129 Å². The van der Waals surface area contributed by atoms with Crippen LogP contribution >= 0.6 is 0 Å². The van der Waals surface area contributed by atoms with Crippen LogP contribution in [-0.2, 0) is 11.3 Å². The van der Waals surface area contributed by atoms with Gasteiger partial charge in [-0.2, -0.15) is 0 Å². The molecule has 2 rings (SSSR count). The van der Waals surface area contributed by atoms with Crippen molar-refractivity contribution in [1.29, 1.82) is 0 Å². The zero-order valence-electron chi connectivity index (χ0n) is 14.1. The molecule has 0 aliphatic carbocycles. The van der Waals surface area contributed by atoms with E-state index < -0.39 is 0 Å². The lowest BCUT2D eigenvalue weighted by Gasteiger charge is -2.38. The van der Waals surface area contributed by atoms with Crippen molar-refractivity contribution in [2.45, 2.75) is 53.3 Å². The molecule has 0 radical (unpaired) electrons. The second kappa shape index (κ2) is 7.28. The second-order valence-electron chi connectivity index (χ2n) is 6.78. The Balaban J connectivity index is 2.04. The monoisotopic (exact) mass is 290 g/mol. The van der Waals surface area contributed by atoms with Gasteiger partial charge in [0.25, 0.3) is 0 Å². The molecule has 1 aliphatic heterocycles. The Morgan fingerprint density at radius 1 is 1.33 bits per heavy atom. The first kappa shape index (κ1) is 16.3. The normalized spacial score (nSPS) is 22.9. The highest BCUT2D eigenvalue weighted by atomic mass is 16.5. The van der Waals surface area contributed by atoms with Gasteiger partial charge >= 0.3 is 0 Å². The quantitative estimate of drug-likeness (QED) is 0.900. The molecule has 21 heavy (non-hydrogen) atoms. The van der Waals surface area contributed by atoms with Gasteiger partial charge in [0.05, 0.1) is 12.7 Å². The van der Waals surface area contributed by atoms with Gasteiger partial charge in [0.1, 0.15) is 0 Å². The third-order valence-electron chi connectivity index (χ3n) is 4.13. The number of morpholine rings is 1. The Morgan fingerprint density at radius 3 is 2.76 bits per heavy atom. The summed E-state index contributed by atoms with van der Waals surface area (Å²) in [5, 5.41) is 3.52. The predicted octanol–water partition coefficient (Wildman–Crippen LogP) is 3.35. The summed E-state index contributed by atoms with van der Waals surface area (Å²) in [6, 6.07) is 7.30. The number of nitrogens with one attached hydrogen (secondary N) is 1. The number of anilines is 1. The smallest absolute Gasteiger partial charge is 0.0723 e. The number of rotatable bonds is 5. The fourth-order valence-electron chi connectivity index (χ4n) is 2.82. The van der Waals surface area contributed by atoms with E-state index in [1.165, 1.54) is 16.8 Å². The average Bonchev–Trinajstić information content (AvgIpc) is 2.43. The highest BCUT2D eigenvalue weighted by molar-refractivity contribution is 5.52. The molecular formula is C18H30N2O. The molecule has 0 bridgehead atoms. The Kier molecular flexibility index (Phi) is 5.65. The van der Waals surface area contributed by atoms with Crippen LogP contribution in [0, 0.1) is 12.8 Å². The average molecular weight is 290 g/mol. The minimum absolute atomic E-state index is 0.314. The summed E-state index contributed by atoms with van der Waals surface area (Å²) in [4.78, 5) is 2.46. The first-order chi connectivity index (χ1) is 9.97. The maximum Gasteiger partial charge on any atom is 0.0723 e. The first-order valence-electron chi connectivity index (χ1n) is 8.16. The van der Waals surface area contributed by atoms with Crippen molar-refractivity contribution in [2.75, 3.05) is 24.6 Å². The van der Waals surface area contributed by atoms with Crippen LogP contribution in [0.15, 0.2) is 18.2 Å². The number of nitrogens with zero attached hydrogens (tertiary/aromatic N) is 1. The van der Waals surface area contributed by atoms with Crippen LogP contribution in [0.3, 0.4) is 0 Å². The van der Waals surface area contributed by atoms with Gasteiger partial charge < -0.3 is 15.0 Å². The van der Waals surface area contributed by atoms with Crippen LogP contribution in [-0.4, -0.2) is 31.8 Å². The standard InChI is InChI=1S/C18H30N2O/c1-13(2)9-19-10-17-6-7-18(8-14(17)3)20-11-16(5)21-12-15(20)4/h6-8,13,15-16,19H,9-12H2,1-5H3. The lowest BCUT2D eigenvalue weighted by Crippen LogP contribution is -2.47. The molecule has 1 aliphatic rings. The maximum absolute atomic E-state index is 5.72. The van der Waals surface area contributed by atoms with Crippen molar-refractivity contribution >= 4 is 5.69 Å². The molecule has 2 unspecified atom stereocenters. The van der Waals surface area contributed by atoms with Crippen LogP contribution < -0.4 is 10.2 Å². The van der Waals surface area contributed by atoms with E-state index in [1.807, 2.05) is 0 Å². The van der Waals surface area contributed by atoms with Crippen molar-refractivity contribution in [3.63, 3.8) is 0 Å². The summed E-state index contributed by atoms with van der Waals surface area (Å²) >= 11 is 0. The Morgan fingerprint density at radius 2 is 2.10 bits per heavy atom. The van der Waals surface area contributed by atoms with Crippen molar-refractivity contribution < 1.29 is 4.74 Å². The molecule has 3 nitrogen and oxygen atoms in total. The van der Waals surface area contributed by atoms with E-state index in [0.717, 1.165) is 26.2 Å². The maximum atomic E-state index is 5.72. The summed E-state index contributed by atoms with van der Waals surface area (Å²) in [6.07, 6.45) is 0.314. The van der Waals surface area contributed by atoms with E-state index in [4.69, 9.17) is 4.74 Å². The van der Waals surface area contributed by atoms with E-state index >= 15 is 0 Å². The summed E-state index contributed by atoms with van der Waals surface area (Å²) < 4.78 is 5.72. The molecule has 1 heterocycles. The lowest BCUT2D eigenvalue weighted by atomic mass is 10.1. The van der Waals surface area contributed by atoms with E-state index in [1.54, 1.807) is 0 Å². The highest BCUT2D eigenvalue weighted by Gasteiger charge is 2.23. The van der Waals surface area contributed by atoms with Crippen LogP contribution in [0.5, 0.6) is 0 Å². The van der Waals surface area contributed by atoms with Crippen LogP contribution in [0.4, 0.5) is 5.69 Å². The fourth-order valence-corrected chi connectivity index (χ4v) is 2.82. The largest absolute Gasteiger partial charge is 0.375 e. The molecule has 0 saturated carbocycles. The Bertz CT molecular complexity index is 459. The zero-order valence-corrected chi connectivity index (χ0v) is 14.1. The van der Waals surface area contributed by atoms with Crippen molar-refractivity contribution in [1.82, 2.24) is 5.32 Å². The van der Waals surface area contributed by atoms with E-state index in [-0.39, 0.29) is 0 Å². The minimum atomic E-state index is 0.314. The lowest BCUT2D eigenvalue weighted by molar-refractivity contribution is 0.0344. The van der Waals surface area contributed by atoms with Crippen LogP contribution in [0.1, 0.15) is 38.8 Å². The Hall–Kier alpha value is -1.06. The molecule has 118 valence electrons. The van der Waals surface area contributed by atoms with Gasteiger partial charge in [-0.1, -0.05) is 19.9 Å². The summed E-state index contributed by atoms with van der Waals surface area (Å²) in [5.41, 5.74) is 4.09. The molecule has 0 spiro atoms. The van der Waals surface area contributed by atoms with Gasteiger partial charge in [0.15, 0.2) is 0 Å². The number of ether oxygens (including phenoxy) is 1. The van der Waals surface area contributed by atoms with E-state index in [9.17, 15) is 0 Å². The van der Waals surface area contributed by atoms with Crippen molar-refractivity contribution in [3.8, 4) is 0 Å². The summed E-state index contributed by atoms with van der Waals surface area (Å²) in [6.45, 7) is 14.9. The van der Waals surface area contributed by atoms with E-state index in [2.05, 4.69) is 63.0 Å². The van der Waals surface area contributed by atoms with E-state index in [0.29, 0.717) is 18.1 Å². The number of hydrogen-bond acceptors (Lipinski definition) is 3. The first-order valence-corrected chi connectivity index (χ1v) is 8.16. The molecule has 1 fully saturated rings. The van der Waals surface area contributed by atoms with Crippen LogP contribution in [0.25, 0.3) is 0 Å².